The molecule has 1 unspecified atom stereocenters. The number of aliphatic hydroxyl groups is 2. The Bertz CT molecular complexity index is 837. The summed E-state index contributed by atoms with van der Waals surface area (Å²) in [6.07, 6.45) is 0.499. The van der Waals surface area contributed by atoms with Gasteiger partial charge in [0.15, 0.2) is 18.2 Å². The number of hydrogen-bond donors (Lipinski definition) is 2. The maximum absolute atomic E-state index is 12.1. The summed E-state index contributed by atoms with van der Waals surface area (Å²) in [6, 6.07) is 8.28. The van der Waals surface area contributed by atoms with Crippen molar-refractivity contribution in [2.24, 2.45) is 0 Å². The predicted molar refractivity (Wildman–Crippen MR) is 133 cm³/mol. The van der Waals surface area contributed by atoms with E-state index in [1.54, 1.807) is 30.3 Å². The minimum absolute atomic E-state index is 0.0570. The number of rotatable bonds is 11. The summed E-state index contributed by atoms with van der Waals surface area (Å²) in [4.78, 5) is 46.5. The Morgan fingerprint density at radius 1 is 0.800 bits per heavy atom. The minimum Gasteiger partial charge on any atom is -0.454 e. The van der Waals surface area contributed by atoms with E-state index in [0.29, 0.717) is 5.75 Å². The molecule has 0 aliphatic heterocycles. The topological polar surface area (TPSA) is 136 Å². The van der Waals surface area contributed by atoms with Gasteiger partial charge in [-0.2, -0.15) is 0 Å². The third-order valence-corrected chi connectivity index (χ3v) is 3.31. The molecule has 35 heavy (non-hydrogen) atoms. The van der Waals surface area contributed by atoms with Gasteiger partial charge in [0.1, 0.15) is 19.0 Å². The largest absolute Gasteiger partial charge is 0.454 e. The number of carbonyl (C=O) groups excluding carboxylic acids is 4. The molecule has 2 N–H and O–H groups in total. The Kier molecular flexibility index (Phi) is 23.4. The van der Waals surface area contributed by atoms with Crippen molar-refractivity contribution in [3.05, 3.63) is 93.1 Å². The van der Waals surface area contributed by atoms with Crippen molar-refractivity contribution in [3.63, 3.8) is 0 Å². The third kappa shape index (κ3) is 17.1. The first-order valence-electron chi connectivity index (χ1n) is 10.0. The lowest BCUT2D eigenvalue weighted by molar-refractivity contribution is -0.172. The molecular weight excluding hydrogens is 456 g/mol. The van der Waals surface area contributed by atoms with Gasteiger partial charge in [-0.1, -0.05) is 18.2 Å². The van der Waals surface area contributed by atoms with Gasteiger partial charge in [-0.25, -0.2) is 9.59 Å². The van der Waals surface area contributed by atoms with Crippen molar-refractivity contribution < 1.29 is 43.6 Å². The van der Waals surface area contributed by atoms with Crippen LogP contribution in [0.1, 0.15) is 13.8 Å². The zero-order chi connectivity index (χ0) is 27.8. The van der Waals surface area contributed by atoms with Crippen LogP contribution in [-0.2, 0) is 28.7 Å². The van der Waals surface area contributed by atoms with Crippen LogP contribution in [-0.4, -0.2) is 59.8 Å². The zero-order valence-corrected chi connectivity index (χ0v) is 20.2. The van der Waals surface area contributed by atoms with E-state index in [-0.39, 0.29) is 11.1 Å². The molecule has 0 saturated carbocycles. The van der Waals surface area contributed by atoms with Crippen molar-refractivity contribution >= 4 is 23.5 Å². The molecule has 1 aromatic carbocycles. The highest BCUT2D eigenvalue weighted by molar-refractivity contribution is 6.00. The molecular formula is C26H34O9. The SMILES string of the molecule is C=C.C=C.C=C.CC(=CC(=O)CO)C(=O)OCC(OC(=O)C(C)=CC(=O)CO)Oc1ccccc1. The maximum Gasteiger partial charge on any atom is 0.337 e. The fourth-order valence-electron chi connectivity index (χ4n) is 1.90. The highest BCUT2D eigenvalue weighted by Crippen LogP contribution is 2.13. The molecule has 0 aromatic heterocycles. The van der Waals surface area contributed by atoms with Crippen LogP contribution in [0.5, 0.6) is 5.75 Å². The van der Waals surface area contributed by atoms with E-state index in [1.165, 1.54) is 13.8 Å². The molecule has 1 rings (SSSR count). The lowest BCUT2D eigenvalue weighted by atomic mass is 10.2. The number of ether oxygens (including phenoxy) is 3. The molecule has 0 spiro atoms. The minimum atomic E-state index is -1.34. The normalized spacial score (nSPS) is 10.9. The quantitative estimate of drug-likeness (QED) is 0.208. The van der Waals surface area contributed by atoms with Gasteiger partial charge in [-0.3, -0.25) is 9.59 Å². The Hall–Kier alpha value is -4.08. The number of carbonyl (C=O) groups is 4. The van der Waals surface area contributed by atoms with Gasteiger partial charge in [0.25, 0.3) is 6.29 Å². The number of aliphatic hydroxyl groups excluding tert-OH is 2. The van der Waals surface area contributed by atoms with Crippen molar-refractivity contribution in [3.8, 4) is 5.75 Å². The van der Waals surface area contributed by atoms with Crippen LogP contribution in [0.15, 0.2) is 93.1 Å². The van der Waals surface area contributed by atoms with Crippen LogP contribution in [0.2, 0.25) is 0 Å². The van der Waals surface area contributed by atoms with E-state index in [4.69, 9.17) is 24.4 Å². The van der Waals surface area contributed by atoms with Gasteiger partial charge in [-0.15, -0.1) is 39.5 Å². The number of ketones is 2. The monoisotopic (exact) mass is 490 g/mol. The standard InChI is InChI=1S/C20H22O9.3C2H4/c1-13(8-15(23)10-21)19(25)27-12-18(28-17-6-4-3-5-7-17)29-20(26)14(2)9-16(24)11-22;3*1-2/h3-9,18,21-22H,10-12H2,1-2H3;3*1-2H2. The molecule has 0 aliphatic carbocycles. The number of benzene rings is 1. The fourth-order valence-corrected chi connectivity index (χ4v) is 1.90. The molecule has 9 heteroatoms. The molecule has 1 atom stereocenters. The molecule has 0 bridgehead atoms. The fraction of sp³-hybridized carbons (Fsp3) is 0.231. The summed E-state index contributed by atoms with van der Waals surface area (Å²) < 4.78 is 15.6. The van der Waals surface area contributed by atoms with Crippen LogP contribution in [0.3, 0.4) is 0 Å². The maximum atomic E-state index is 12.1. The van der Waals surface area contributed by atoms with Gasteiger partial charge in [0.05, 0.1) is 0 Å². The van der Waals surface area contributed by atoms with E-state index >= 15 is 0 Å². The summed E-state index contributed by atoms with van der Waals surface area (Å²) in [7, 11) is 0. The Morgan fingerprint density at radius 3 is 1.66 bits per heavy atom. The molecule has 0 aliphatic rings. The van der Waals surface area contributed by atoms with Gasteiger partial charge < -0.3 is 24.4 Å². The summed E-state index contributed by atoms with van der Waals surface area (Å²) in [6.45, 7) is 18.6. The Labute approximate surface area is 206 Å². The summed E-state index contributed by atoms with van der Waals surface area (Å²) in [5.41, 5.74) is -0.139. The van der Waals surface area contributed by atoms with Crippen molar-refractivity contribution in [2.45, 2.75) is 20.1 Å². The molecule has 0 amide bonds. The second-order valence-corrected chi connectivity index (χ2v) is 5.77. The van der Waals surface area contributed by atoms with Crippen molar-refractivity contribution in [2.75, 3.05) is 19.8 Å². The summed E-state index contributed by atoms with van der Waals surface area (Å²) in [5.74, 6) is -2.80. The number of hydrogen-bond acceptors (Lipinski definition) is 9. The van der Waals surface area contributed by atoms with E-state index in [2.05, 4.69) is 39.5 Å². The van der Waals surface area contributed by atoms with Gasteiger partial charge in [0.2, 0.25) is 0 Å². The van der Waals surface area contributed by atoms with E-state index in [9.17, 15) is 19.2 Å². The number of esters is 2. The molecule has 0 radical (unpaired) electrons. The van der Waals surface area contributed by atoms with Gasteiger partial charge in [-0.05, 0) is 38.1 Å². The molecule has 0 saturated heterocycles. The molecule has 1 aromatic rings. The Balaban J connectivity index is -0.00000158. The second kappa shape index (κ2) is 23.1. The first kappa shape index (κ1) is 35.5. The number of para-hydroxylation sites is 1. The second-order valence-electron chi connectivity index (χ2n) is 5.77. The summed E-state index contributed by atoms with van der Waals surface area (Å²) in [5, 5.41) is 17.5. The average molecular weight is 491 g/mol. The zero-order valence-electron chi connectivity index (χ0n) is 20.2. The van der Waals surface area contributed by atoms with E-state index < -0.39 is 49.6 Å². The smallest absolute Gasteiger partial charge is 0.337 e. The molecule has 0 fully saturated rings. The van der Waals surface area contributed by atoms with Crippen LogP contribution in [0.25, 0.3) is 0 Å². The predicted octanol–water partition coefficient (Wildman–Crippen LogP) is 2.90. The van der Waals surface area contributed by atoms with Crippen LogP contribution >= 0.6 is 0 Å². The van der Waals surface area contributed by atoms with Crippen LogP contribution in [0.4, 0.5) is 0 Å². The van der Waals surface area contributed by atoms with E-state index in [0.717, 1.165) is 12.2 Å². The lowest BCUT2D eigenvalue weighted by Crippen LogP contribution is -2.31. The van der Waals surface area contributed by atoms with Gasteiger partial charge >= 0.3 is 11.9 Å². The highest BCUT2D eigenvalue weighted by atomic mass is 16.7. The highest BCUT2D eigenvalue weighted by Gasteiger charge is 2.21. The van der Waals surface area contributed by atoms with Crippen LogP contribution < -0.4 is 4.74 Å². The van der Waals surface area contributed by atoms with Crippen molar-refractivity contribution in [1.29, 1.82) is 0 Å². The summed E-state index contributed by atoms with van der Waals surface area (Å²) >= 11 is 0. The third-order valence-electron chi connectivity index (χ3n) is 3.31. The molecule has 192 valence electrons. The first-order valence-corrected chi connectivity index (χ1v) is 10.0. The molecule has 0 heterocycles. The van der Waals surface area contributed by atoms with Gasteiger partial charge in [0, 0.05) is 11.1 Å². The van der Waals surface area contributed by atoms with Crippen LogP contribution in [0, 0.1) is 0 Å². The first-order chi connectivity index (χ1) is 16.8. The van der Waals surface area contributed by atoms with Crippen molar-refractivity contribution in [1.82, 2.24) is 0 Å². The van der Waals surface area contributed by atoms with E-state index in [1.807, 2.05) is 0 Å². The average Bonchev–Trinajstić information content (AvgIpc) is 2.90. The lowest BCUT2D eigenvalue weighted by Gasteiger charge is -2.19. The Morgan fingerprint density at radius 2 is 1.23 bits per heavy atom. The molecule has 9 nitrogen and oxygen atoms in total.